The quantitative estimate of drug-likeness (QED) is 0.549. The SMILES string of the molecule is Cn1ncc(-c2nc(Cl)ncc2Cl)c1CCO[Si](C)(C)C(C)(C)C. The van der Waals surface area contributed by atoms with Gasteiger partial charge in [-0.3, -0.25) is 4.68 Å². The molecule has 8 heteroatoms. The third-order valence-corrected chi connectivity index (χ3v) is 9.64. The van der Waals surface area contributed by atoms with Crippen LogP contribution in [0, 0.1) is 0 Å². The summed E-state index contributed by atoms with van der Waals surface area (Å²) in [6.45, 7) is 11.8. The average molecular weight is 387 g/mol. The molecular weight excluding hydrogens is 363 g/mol. The zero-order valence-electron chi connectivity index (χ0n) is 15.0. The molecule has 0 N–H and O–H groups in total. The smallest absolute Gasteiger partial charge is 0.222 e. The van der Waals surface area contributed by atoms with Gasteiger partial charge >= 0.3 is 0 Å². The molecule has 2 rings (SSSR count). The van der Waals surface area contributed by atoms with Gasteiger partial charge in [0.2, 0.25) is 5.28 Å². The molecule has 24 heavy (non-hydrogen) atoms. The van der Waals surface area contributed by atoms with Crippen molar-refractivity contribution >= 4 is 31.5 Å². The lowest BCUT2D eigenvalue weighted by Crippen LogP contribution is -2.41. The van der Waals surface area contributed by atoms with Crippen molar-refractivity contribution < 1.29 is 4.43 Å². The third kappa shape index (κ3) is 4.17. The Hall–Kier alpha value is -0.953. The Labute approximate surface area is 154 Å². The molecule has 0 radical (unpaired) electrons. The van der Waals surface area contributed by atoms with Crippen LogP contribution in [0.1, 0.15) is 26.5 Å². The van der Waals surface area contributed by atoms with Crippen molar-refractivity contribution in [2.24, 2.45) is 7.05 Å². The second-order valence-corrected chi connectivity index (χ2v) is 12.9. The van der Waals surface area contributed by atoms with Crippen molar-refractivity contribution in [2.45, 2.75) is 45.3 Å². The normalized spacial score (nSPS) is 12.7. The van der Waals surface area contributed by atoms with Crippen molar-refractivity contribution in [3.8, 4) is 11.3 Å². The van der Waals surface area contributed by atoms with Gasteiger partial charge in [-0.1, -0.05) is 32.4 Å². The summed E-state index contributed by atoms with van der Waals surface area (Å²) in [7, 11) is 0.130. The van der Waals surface area contributed by atoms with Gasteiger partial charge in [0.1, 0.15) is 0 Å². The summed E-state index contributed by atoms with van der Waals surface area (Å²) in [4.78, 5) is 8.15. The van der Waals surface area contributed by atoms with Crippen LogP contribution in [0.2, 0.25) is 28.4 Å². The van der Waals surface area contributed by atoms with E-state index in [9.17, 15) is 0 Å². The van der Waals surface area contributed by atoms with Crippen molar-refractivity contribution in [2.75, 3.05) is 6.61 Å². The molecule has 2 heterocycles. The van der Waals surface area contributed by atoms with Crippen molar-refractivity contribution in [3.05, 3.63) is 28.4 Å². The largest absolute Gasteiger partial charge is 0.416 e. The van der Waals surface area contributed by atoms with Crippen molar-refractivity contribution in [1.82, 2.24) is 19.7 Å². The maximum Gasteiger partial charge on any atom is 0.222 e. The van der Waals surface area contributed by atoms with Gasteiger partial charge in [-0.15, -0.1) is 0 Å². The van der Waals surface area contributed by atoms with Gasteiger partial charge < -0.3 is 4.43 Å². The zero-order valence-corrected chi connectivity index (χ0v) is 17.5. The van der Waals surface area contributed by atoms with Gasteiger partial charge in [0.25, 0.3) is 0 Å². The molecule has 0 amide bonds. The topological polar surface area (TPSA) is 52.8 Å². The van der Waals surface area contributed by atoms with Gasteiger partial charge in [-0.25, -0.2) is 9.97 Å². The summed E-state index contributed by atoms with van der Waals surface area (Å²) in [6.07, 6.45) is 4.00. The zero-order chi connectivity index (χ0) is 18.1. The van der Waals surface area contributed by atoms with Gasteiger partial charge in [-0.2, -0.15) is 5.10 Å². The van der Waals surface area contributed by atoms with Crippen molar-refractivity contribution in [1.29, 1.82) is 0 Å². The molecule has 0 saturated carbocycles. The fourth-order valence-corrected chi connectivity index (χ4v) is 3.48. The molecule has 0 aliphatic carbocycles. The number of rotatable bonds is 5. The molecule has 0 unspecified atom stereocenters. The van der Waals surface area contributed by atoms with E-state index < -0.39 is 8.32 Å². The van der Waals surface area contributed by atoms with Crippen LogP contribution >= 0.6 is 23.2 Å². The Morgan fingerprint density at radius 3 is 2.50 bits per heavy atom. The van der Waals surface area contributed by atoms with E-state index >= 15 is 0 Å². The van der Waals surface area contributed by atoms with E-state index in [1.54, 1.807) is 6.20 Å². The molecule has 2 aromatic rings. The fraction of sp³-hybridized carbons (Fsp3) is 0.562. The molecule has 5 nitrogen and oxygen atoms in total. The monoisotopic (exact) mass is 386 g/mol. The second kappa shape index (κ2) is 7.12. The molecule has 132 valence electrons. The summed E-state index contributed by atoms with van der Waals surface area (Å²) < 4.78 is 8.10. The minimum Gasteiger partial charge on any atom is -0.416 e. The second-order valence-electron chi connectivity index (χ2n) is 7.32. The molecule has 0 bridgehead atoms. The number of aryl methyl sites for hydroxylation is 1. The Morgan fingerprint density at radius 2 is 1.88 bits per heavy atom. The highest BCUT2D eigenvalue weighted by atomic mass is 35.5. The average Bonchev–Trinajstić information content (AvgIpc) is 2.82. The van der Waals surface area contributed by atoms with E-state index in [1.807, 2.05) is 11.7 Å². The molecule has 0 aliphatic rings. The minimum absolute atomic E-state index is 0.168. The third-order valence-electron chi connectivity index (χ3n) is 4.64. The lowest BCUT2D eigenvalue weighted by atomic mass is 10.1. The Kier molecular flexibility index (Phi) is 5.74. The predicted molar refractivity (Wildman–Crippen MR) is 101 cm³/mol. The lowest BCUT2D eigenvalue weighted by molar-refractivity contribution is 0.289. The lowest BCUT2D eigenvalue weighted by Gasteiger charge is -2.36. The van der Waals surface area contributed by atoms with Crippen LogP contribution in [0.15, 0.2) is 12.4 Å². The first-order valence-electron chi connectivity index (χ1n) is 7.86. The number of hydrogen-bond donors (Lipinski definition) is 0. The molecule has 0 aromatic carbocycles. The fourth-order valence-electron chi connectivity index (χ4n) is 2.11. The van der Waals surface area contributed by atoms with Crippen LogP contribution in [0.25, 0.3) is 11.3 Å². The van der Waals surface area contributed by atoms with E-state index in [4.69, 9.17) is 27.6 Å². The molecule has 0 spiro atoms. The van der Waals surface area contributed by atoms with Crippen LogP contribution in [0.3, 0.4) is 0 Å². The summed E-state index contributed by atoms with van der Waals surface area (Å²) in [5.41, 5.74) is 2.49. The number of halogens is 2. The number of hydrogen-bond acceptors (Lipinski definition) is 4. The van der Waals surface area contributed by atoms with Crippen LogP contribution in [0.5, 0.6) is 0 Å². The van der Waals surface area contributed by atoms with Crippen LogP contribution in [0.4, 0.5) is 0 Å². The summed E-state index contributed by atoms with van der Waals surface area (Å²) in [5, 5.41) is 5.15. The summed E-state index contributed by atoms with van der Waals surface area (Å²) in [6, 6.07) is 0. The Balaban J connectivity index is 2.21. The Bertz CT molecular complexity index is 725. The van der Waals surface area contributed by atoms with E-state index in [0.717, 1.165) is 17.7 Å². The first-order valence-corrected chi connectivity index (χ1v) is 11.5. The standard InChI is InChI=1S/C16H24Cl2N4OSi/c1-16(2,3)24(5,6)23-8-7-13-11(9-20-22(13)4)14-12(17)10-19-15(18)21-14/h9-10H,7-8H2,1-6H3. The maximum absolute atomic E-state index is 6.27. The first kappa shape index (κ1) is 19.4. The Morgan fingerprint density at radius 1 is 1.21 bits per heavy atom. The molecule has 2 aromatic heterocycles. The van der Waals surface area contributed by atoms with E-state index in [0.29, 0.717) is 17.3 Å². The minimum atomic E-state index is -1.77. The van der Waals surface area contributed by atoms with Crippen LogP contribution in [-0.2, 0) is 17.9 Å². The highest BCUT2D eigenvalue weighted by Crippen LogP contribution is 2.37. The van der Waals surface area contributed by atoms with Gasteiger partial charge in [-0.05, 0) is 29.7 Å². The summed E-state index contributed by atoms with van der Waals surface area (Å²) in [5.74, 6) is 0. The van der Waals surface area contributed by atoms with Crippen LogP contribution in [-0.4, -0.2) is 34.7 Å². The molecule has 0 fully saturated rings. The van der Waals surface area contributed by atoms with Gasteiger partial charge in [0.15, 0.2) is 8.32 Å². The van der Waals surface area contributed by atoms with E-state index in [-0.39, 0.29) is 10.3 Å². The van der Waals surface area contributed by atoms with Crippen molar-refractivity contribution in [3.63, 3.8) is 0 Å². The maximum atomic E-state index is 6.27. The first-order chi connectivity index (χ1) is 11.0. The number of nitrogens with zero attached hydrogens (tertiary/aromatic N) is 4. The predicted octanol–water partition coefficient (Wildman–Crippen LogP) is 4.75. The van der Waals surface area contributed by atoms with Crippen LogP contribution < -0.4 is 0 Å². The highest BCUT2D eigenvalue weighted by molar-refractivity contribution is 6.74. The van der Waals surface area contributed by atoms with E-state index in [1.165, 1.54) is 6.20 Å². The van der Waals surface area contributed by atoms with Gasteiger partial charge in [0.05, 0.1) is 23.1 Å². The van der Waals surface area contributed by atoms with Gasteiger partial charge in [0, 0.05) is 31.3 Å². The highest BCUT2D eigenvalue weighted by Gasteiger charge is 2.37. The molecular formula is C16H24Cl2N4OSi. The molecule has 0 aliphatic heterocycles. The molecule has 0 saturated heterocycles. The molecule has 0 atom stereocenters. The summed E-state index contributed by atoms with van der Waals surface area (Å²) >= 11 is 12.1. The van der Waals surface area contributed by atoms with E-state index in [2.05, 4.69) is 48.9 Å². The number of aromatic nitrogens is 4.